The maximum atomic E-state index is 12.2. The number of para-hydroxylation sites is 1. The van der Waals surface area contributed by atoms with Gasteiger partial charge in [0, 0.05) is 11.5 Å². The Balaban J connectivity index is 1.81. The first-order valence-corrected chi connectivity index (χ1v) is 10.9. The van der Waals surface area contributed by atoms with Gasteiger partial charge in [-0.15, -0.1) is 4.72 Å². The van der Waals surface area contributed by atoms with Gasteiger partial charge in [0.15, 0.2) is 11.5 Å². The molecule has 2 aliphatic rings. The van der Waals surface area contributed by atoms with E-state index in [1.54, 1.807) is 10.8 Å². The van der Waals surface area contributed by atoms with E-state index in [1.165, 1.54) is 6.07 Å². The van der Waals surface area contributed by atoms with Gasteiger partial charge >= 0.3 is 11.9 Å². The van der Waals surface area contributed by atoms with Gasteiger partial charge in [-0.3, -0.25) is 0 Å². The van der Waals surface area contributed by atoms with Crippen molar-refractivity contribution in [3.63, 3.8) is 0 Å². The van der Waals surface area contributed by atoms with Crippen LogP contribution in [0.2, 0.25) is 0 Å². The zero-order chi connectivity index (χ0) is 19.7. The lowest BCUT2D eigenvalue weighted by Gasteiger charge is -2.26. The molecule has 8 nitrogen and oxygen atoms in total. The molecular formula is C18H25NO7S. The van der Waals surface area contributed by atoms with E-state index in [9.17, 15) is 23.4 Å². The molecule has 0 spiro atoms. The normalized spacial score (nSPS) is 23.2. The molecule has 1 saturated carbocycles. The minimum absolute atomic E-state index is 0.00283. The van der Waals surface area contributed by atoms with Crippen LogP contribution in [0.25, 0.3) is 0 Å². The largest absolute Gasteiger partial charge is 0.486 e. The number of hydrogen-bond acceptors (Lipinski definition) is 6. The number of carbonyl (C=O) groups is 1. The highest BCUT2D eigenvalue weighted by Crippen LogP contribution is 2.50. The number of ether oxygens (including phenoxy) is 2. The Hall–Kier alpha value is -1.84. The van der Waals surface area contributed by atoms with E-state index in [-0.39, 0.29) is 23.5 Å². The predicted octanol–water partition coefficient (Wildman–Crippen LogP) is 1.93. The van der Waals surface area contributed by atoms with E-state index in [0.29, 0.717) is 18.6 Å². The van der Waals surface area contributed by atoms with Crippen LogP contribution < -0.4 is 14.2 Å². The average Bonchev–Trinajstić information content (AvgIpc) is 3.16. The fourth-order valence-electron chi connectivity index (χ4n) is 3.68. The van der Waals surface area contributed by atoms with Crippen LogP contribution >= 0.6 is 0 Å². The second kappa shape index (κ2) is 7.65. The van der Waals surface area contributed by atoms with E-state index in [2.05, 4.69) is 0 Å². The summed E-state index contributed by atoms with van der Waals surface area (Å²) in [7, 11) is -4.05. The van der Waals surface area contributed by atoms with Gasteiger partial charge in [0.1, 0.15) is 6.10 Å². The number of carboxylic acids is 1. The van der Waals surface area contributed by atoms with E-state index in [4.69, 9.17) is 9.47 Å². The number of benzene rings is 1. The minimum atomic E-state index is -4.05. The molecule has 1 aliphatic heterocycles. The number of aliphatic carboxylic acids is 1. The summed E-state index contributed by atoms with van der Waals surface area (Å²) in [6.45, 7) is 1.92. The lowest BCUT2D eigenvalue weighted by Crippen LogP contribution is -2.59. The molecule has 27 heavy (non-hydrogen) atoms. The fraction of sp³-hybridized carbons (Fsp3) is 0.611. The Morgan fingerprint density at radius 1 is 1.37 bits per heavy atom. The SMILES string of the molecule is CCCCCS(=O)(=O)NC(O)(Oc1cccc2c1OC1CCCC21)C(=O)O. The van der Waals surface area contributed by atoms with Crippen LogP contribution in [0.5, 0.6) is 11.5 Å². The summed E-state index contributed by atoms with van der Waals surface area (Å²) < 4.78 is 37.2. The molecule has 1 heterocycles. The molecule has 0 bridgehead atoms. The van der Waals surface area contributed by atoms with Gasteiger partial charge in [-0.1, -0.05) is 31.9 Å². The van der Waals surface area contributed by atoms with Crippen molar-refractivity contribution in [1.29, 1.82) is 0 Å². The summed E-state index contributed by atoms with van der Waals surface area (Å²) in [6.07, 6.45) is 4.76. The molecule has 1 aliphatic carbocycles. The van der Waals surface area contributed by atoms with Crippen molar-refractivity contribution in [2.45, 2.75) is 63.4 Å². The van der Waals surface area contributed by atoms with Gasteiger partial charge in [-0.25, -0.2) is 13.2 Å². The first-order chi connectivity index (χ1) is 12.8. The fourth-order valence-corrected chi connectivity index (χ4v) is 4.91. The molecule has 3 rings (SSSR count). The number of rotatable bonds is 9. The minimum Gasteiger partial charge on any atom is -0.486 e. The first kappa shape index (κ1) is 19.9. The number of hydrogen-bond donors (Lipinski definition) is 3. The van der Waals surface area contributed by atoms with Crippen LogP contribution in [-0.4, -0.2) is 42.4 Å². The summed E-state index contributed by atoms with van der Waals surface area (Å²) in [5.41, 5.74) is 0.897. The number of sulfonamides is 1. The zero-order valence-electron chi connectivity index (χ0n) is 15.2. The van der Waals surface area contributed by atoms with Crippen molar-refractivity contribution in [1.82, 2.24) is 4.72 Å². The van der Waals surface area contributed by atoms with Gasteiger partial charge in [0.2, 0.25) is 10.0 Å². The molecule has 0 amide bonds. The Morgan fingerprint density at radius 2 is 2.15 bits per heavy atom. The molecule has 0 saturated heterocycles. The smallest absolute Gasteiger partial charge is 0.395 e. The second-order valence-corrected chi connectivity index (χ2v) is 8.89. The number of aliphatic hydroxyl groups is 1. The van der Waals surface area contributed by atoms with Gasteiger partial charge in [-0.2, -0.15) is 0 Å². The summed E-state index contributed by atoms with van der Waals surface area (Å²) >= 11 is 0. The van der Waals surface area contributed by atoms with Crippen molar-refractivity contribution in [2.75, 3.05) is 5.75 Å². The highest BCUT2D eigenvalue weighted by Gasteiger charge is 2.46. The zero-order valence-corrected chi connectivity index (χ0v) is 16.0. The third kappa shape index (κ3) is 4.20. The van der Waals surface area contributed by atoms with Crippen LogP contribution in [-0.2, 0) is 14.8 Å². The first-order valence-electron chi connectivity index (χ1n) is 9.22. The van der Waals surface area contributed by atoms with Gasteiger partial charge in [0.25, 0.3) is 0 Å². The molecule has 3 atom stereocenters. The van der Waals surface area contributed by atoms with Gasteiger partial charge in [-0.05, 0) is 31.7 Å². The lowest BCUT2D eigenvalue weighted by molar-refractivity contribution is -0.197. The molecule has 150 valence electrons. The van der Waals surface area contributed by atoms with Crippen LogP contribution in [0.15, 0.2) is 18.2 Å². The summed E-state index contributed by atoms with van der Waals surface area (Å²) in [4.78, 5) is 11.6. The maximum absolute atomic E-state index is 12.2. The third-order valence-corrected chi connectivity index (χ3v) is 6.40. The van der Waals surface area contributed by atoms with E-state index < -0.39 is 21.9 Å². The predicted molar refractivity (Wildman–Crippen MR) is 97.1 cm³/mol. The van der Waals surface area contributed by atoms with Crippen molar-refractivity contribution in [2.24, 2.45) is 0 Å². The van der Waals surface area contributed by atoms with Gasteiger partial charge < -0.3 is 19.7 Å². The molecule has 1 aromatic rings. The van der Waals surface area contributed by atoms with Crippen LogP contribution in [0.3, 0.4) is 0 Å². The van der Waals surface area contributed by atoms with Crippen LogP contribution in [0.4, 0.5) is 0 Å². The van der Waals surface area contributed by atoms with Crippen molar-refractivity contribution >= 4 is 16.0 Å². The van der Waals surface area contributed by atoms with E-state index in [0.717, 1.165) is 31.2 Å². The summed E-state index contributed by atoms with van der Waals surface area (Å²) in [6, 6.07) is 5.02. The van der Waals surface area contributed by atoms with E-state index >= 15 is 0 Å². The number of carboxylic acid groups (broad SMARTS) is 1. The molecule has 3 unspecified atom stereocenters. The third-order valence-electron chi connectivity index (χ3n) is 4.99. The molecular weight excluding hydrogens is 374 g/mol. The Kier molecular flexibility index (Phi) is 5.64. The van der Waals surface area contributed by atoms with Crippen molar-refractivity contribution < 1.29 is 32.9 Å². The molecule has 1 aromatic carbocycles. The molecule has 1 fully saturated rings. The van der Waals surface area contributed by atoms with Crippen molar-refractivity contribution in [3.05, 3.63) is 23.8 Å². The molecule has 0 radical (unpaired) electrons. The monoisotopic (exact) mass is 399 g/mol. The highest BCUT2D eigenvalue weighted by atomic mass is 32.2. The topological polar surface area (TPSA) is 122 Å². The Bertz CT molecular complexity index is 810. The number of fused-ring (bicyclic) bond motifs is 3. The summed E-state index contributed by atoms with van der Waals surface area (Å²) in [5.74, 6) is -4.67. The van der Waals surface area contributed by atoms with E-state index in [1.807, 2.05) is 13.0 Å². The quantitative estimate of drug-likeness (QED) is 0.428. The molecule has 9 heteroatoms. The van der Waals surface area contributed by atoms with Crippen molar-refractivity contribution in [3.8, 4) is 11.5 Å². The maximum Gasteiger partial charge on any atom is 0.395 e. The lowest BCUT2D eigenvalue weighted by atomic mass is 9.97. The number of unbranched alkanes of at least 4 members (excludes halogenated alkanes) is 2. The average molecular weight is 399 g/mol. The number of nitrogens with one attached hydrogen (secondary N) is 1. The molecule has 0 aromatic heterocycles. The van der Waals surface area contributed by atoms with Gasteiger partial charge in [0.05, 0.1) is 5.75 Å². The van der Waals surface area contributed by atoms with Crippen LogP contribution in [0.1, 0.15) is 56.9 Å². The Labute approximate surface area is 158 Å². The highest BCUT2D eigenvalue weighted by molar-refractivity contribution is 7.89. The molecule has 3 N–H and O–H groups in total. The summed E-state index contributed by atoms with van der Waals surface area (Å²) in [5, 5.41) is 19.8. The Morgan fingerprint density at radius 3 is 2.85 bits per heavy atom. The second-order valence-electron chi connectivity index (χ2n) is 7.05. The standard InChI is InChI=1S/C18H25NO7S/c1-2-3-4-11-27(23,24)19-18(22,17(20)21)26-15-10-6-8-13-12-7-5-9-14(12)25-16(13)15/h6,8,10,12,14,19,22H,2-5,7,9,11H2,1H3,(H,20,21). The van der Waals surface area contributed by atoms with Crippen LogP contribution in [0, 0.1) is 0 Å².